The first-order valence-electron chi connectivity index (χ1n) is 7.77. The number of hydrogen-bond acceptors (Lipinski definition) is 3. The van der Waals surface area contributed by atoms with E-state index in [0.29, 0.717) is 5.92 Å². The van der Waals surface area contributed by atoms with Gasteiger partial charge in [-0.1, -0.05) is 32.9 Å². The van der Waals surface area contributed by atoms with Gasteiger partial charge in [-0.3, -0.25) is 10.1 Å². The zero-order chi connectivity index (χ0) is 15.4. The van der Waals surface area contributed by atoms with Crippen molar-refractivity contribution >= 4 is 17.7 Å². The molecule has 1 N–H and O–H groups in total. The van der Waals surface area contributed by atoms with E-state index in [0.717, 1.165) is 19.4 Å². The molecule has 1 aromatic rings. The molecule has 116 valence electrons. The topological polar surface area (TPSA) is 32.3 Å². The monoisotopic (exact) mass is 306 g/mol. The first-order chi connectivity index (χ1) is 10.1. The van der Waals surface area contributed by atoms with Gasteiger partial charge in [0, 0.05) is 11.4 Å². The molecular formula is C17H26N2OS. The van der Waals surface area contributed by atoms with Crippen LogP contribution in [0.3, 0.4) is 0 Å². The van der Waals surface area contributed by atoms with E-state index < -0.39 is 0 Å². The van der Waals surface area contributed by atoms with Gasteiger partial charge >= 0.3 is 0 Å². The molecular weight excluding hydrogens is 280 g/mol. The number of carbonyl (C=O) groups excluding carboxylic acids is 1. The third kappa shape index (κ3) is 3.80. The minimum atomic E-state index is -0.0400. The van der Waals surface area contributed by atoms with Gasteiger partial charge in [-0.05, 0) is 42.7 Å². The molecule has 1 aliphatic heterocycles. The van der Waals surface area contributed by atoms with Crippen molar-refractivity contribution in [2.24, 2.45) is 5.92 Å². The smallest absolute Gasteiger partial charge is 0.241 e. The zero-order valence-electron chi connectivity index (χ0n) is 13.4. The summed E-state index contributed by atoms with van der Waals surface area (Å²) >= 11 is 1.74. The molecule has 0 spiro atoms. The van der Waals surface area contributed by atoms with Gasteiger partial charge in [0.2, 0.25) is 5.91 Å². The molecule has 3 nitrogen and oxygen atoms in total. The van der Waals surface area contributed by atoms with E-state index in [1.165, 1.54) is 10.5 Å². The van der Waals surface area contributed by atoms with E-state index in [2.05, 4.69) is 56.6 Å². The lowest BCUT2D eigenvalue weighted by Crippen LogP contribution is -2.32. The number of hydrogen-bond donors (Lipinski definition) is 1. The van der Waals surface area contributed by atoms with Crippen molar-refractivity contribution in [3.63, 3.8) is 0 Å². The number of rotatable bonds is 6. The first kappa shape index (κ1) is 16.4. The second kappa shape index (κ2) is 7.32. The fraction of sp³-hybridized carbons (Fsp3) is 0.588. The molecule has 1 heterocycles. The SMILES string of the molecule is CCCN1C(=O)C(CC(C)C)NC1c1ccc(SC)cc1. The van der Waals surface area contributed by atoms with Gasteiger partial charge in [-0.25, -0.2) is 0 Å². The van der Waals surface area contributed by atoms with Crippen LogP contribution < -0.4 is 5.32 Å². The maximum Gasteiger partial charge on any atom is 0.241 e. The number of benzene rings is 1. The summed E-state index contributed by atoms with van der Waals surface area (Å²) in [7, 11) is 0. The fourth-order valence-electron chi connectivity index (χ4n) is 2.86. The predicted molar refractivity (Wildman–Crippen MR) is 89.3 cm³/mol. The zero-order valence-corrected chi connectivity index (χ0v) is 14.2. The van der Waals surface area contributed by atoms with Gasteiger partial charge in [0.1, 0.15) is 6.17 Å². The van der Waals surface area contributed by atoms with Gasteiger partial charge in [-0.2, -0.15) is 0 Å². The summed E-state index contributed by atoms with van der Waals surface area (Å²) in [5, 5.41) is 3.53. The van der Waals surface area contributed by atoms with Crippen LogP contribution in [0.4, 0.5) is 0 Å². The largest absolute Gasteiger partial charge is 0.322 e. The van der Waals surface area contributed by atoms with Crippen LogP contribution in [0.5, 0.6) is 0 Å². The van der Waals surface area contributed by atoms with E-state index in [9.17, 15) is 4.79 Å². The van der Waals surface area contributed by atoms with Crippen LogP contribution >= 0.6 is 11.8 Å². The second-order valence-electron chi connectivity index (χ2n) is 6.06. The number of thioether (sulfide) groups is 1. The molecule has 21 heavy (non-hydrogen) atoms. The van der Waals surface area contributed by atoms with Gasteiger partial charge in [0.25, 0.3) is 0 Å². The molecule has 0 aliphatic carbocycles. The Morgan fingerprint density at radius 1 is 1.29 bits per heavy atom. The van der Waals surface area contributed by atoms with Crippen LogP contribution in [-0.2, 0) is 4.79 Å². The minimum Gasteiger partial charge on any atom is -0.322 e. The Hall–Kier alpha value is -1.00. The van der Waals surface area contributed by atoms with Crippen molar-refractivity contribution in [3.05, 3.63) is 29.8 Å². The molecule has 2 atom stereocenters. The van der Waals surface area contributed by atoms with Crippen LogP contribution in [0, 0.1) is 5.92 Å². The van der Waals surface area contributed by atoms with Crippen molar-refractivity contribution in [3.8, 4) is 0 Å². The first-order valence-corrected chi connectivity index (χ1v) is 8.99. The molecule has 2 rings (SSSR count). The Labute approximate surface area is 132 Å². The third-order valence-corrected chi connectivity index (χ3v) is 4.60. The van der Waals surface area contributed by atoms with Crippen LogP contribution in [-0.4, -0.2) is 29.6 Å². The summed E-state index contributed by atoms with van der Waals surface area (Å²) in [4.78, 5) is 15.9. The van der Waals surface area contributed by atoms with E-state index in [1.54, 1.807) is 11.8 Å². The molecule has 4 heteroatoms. The Morgan fingerprint density at radius 3 is 2.48 bits per heavy atom. The lowest BCUT2D eigenvalue weighted by Gasteiger charge is -2.24. The highest BCUT2D eigenvalue weighted by Gasteiger charge is 2.38. The van der Waals surface area contributed by atoms with E-state index in [1.807, 2.05) is 4.90 Å². The Bertz CT molecular complexity index is 472. The van der Waals surface area contributed by atoms with Crippen LogP contribution in [0.2, 0.25) is 0 Å². The van der Waals surface area contributed by atoms with Gasteiger partial charge < -0.3 is 4.90 Å². The molecule has 0 saturated carbocycles. The molecule has 2 unspecified atom stereocenters. The number of nitrogens with one attached hydrogen (secondary N) is 1. The maximum atomic E-state index is 12.6. The average Bonchev–Trinajstić information content (AvgIpc) is 2.76. The van der Waals surface area contributed by atoms with Crippen LogP contribution in [0.1, 0.15) is 45.3 Å². The highest BCUT2D eigenvalue weighted by atomic mass is 32.2. The molecule has 1 saturated heterocycles. The van der Waals surface area contributed by atoms with Gasteiger partial charge in [0.15, 0.2) is 0 Å². The molecule has 0 bridgehead atoms. The molecule has 1 aromatic carbocycles. The van der Waals surface area contributed by atoms with Crippen molar-refractivity contribution in [2.45, 2.75) is 50.7 Å². The average molecular weight is 306 g/mol. The third-order valence-electron chi connectivity index (χ3n) is 3.86. The van der Waals surface area contributed by atoms with Crippen molar-refractivity contribution < 1.29 is 4.79 Å². The highest BCUT2D eigenvalue weighted by molar-refractivity contribution is 7.98. The summed E-state index contributed by atoms with van der Waals surface area (Å²) in [6.07, 6.45) is 3.99. The molecule has 0 radical (unpaired) electrons. The van der Waals surface area contributed by atoms with E-state index in [4.69, 9.17) is 0 Å². The lowest BCUT2D eigenvalue weighted by atomic mass is 10.0. The highest BCUT2D eigenvalue weighted by Crippen LogP contribution is 2.29. The van der Waals surface area contributed by atoms with E-state index in [-0.39, 0.29) is 18.1 Å². The molecule has 1 aliphatic rings. The number of nitrogens with zero attached hydrogens (tertiary/aromatic N) is 1. The quantitative estimate of drug-likeness (QED) is 0.814. The summed E-state index contributed by atoms with van der Waals surface area (Å²) in [5.41, 5.74) is 1.18. The van der Waals surface area contributed by atoms with E-state index >= 15 is 0 Å². The molecule has 0 aromatic heterocycles. The van der Waals surface area contributed by atoms with Crippen molar-refractivity contribution in [1.82, 2.24) is 10.2 Å². The Kier molecular flexibility index (Phi) is 5.71. The fourth-order valence-corrected chi connectivity index (χ4v) is 3.27. The van der Waals surface area contributed by atoms with Crippen LogP contribution in [0.15, 0.2) is 29.2 Å². The summed E-state index contributed by atoms with van der Waals surface area (Å²) in [5.74, 6) is 0.775. The van der Waals surface area contributed by atoms with Crippen molar-refractivity contribution in [2.75, 3.05) is 12.8 Å². The second-order valence-corrected chi connectivity index (χ2v) is 6.94. The number of amides is 1. The van der Waals surface area contributed by atoms with Gasteiger partial charge in [0.05, 0.1) is 6.04 Å². The predicted octanol–water partition coefficient (Wildman–Crippen LogP) is 3.66. The normalized spacial score (nSPS) is 22.3. The number of carbonyl (C=O) groups is 1. The lowest BCUT2D eigenvalue weighted by molar-refractivity contribution is -0.130. The standard InChI is InChI=1S/C17H26N2OS/c1-5-10-19-16(13-6-8-14(21-4)9-7-13)18-15(17(19)20)11-12(2)3/h6-9,12,15-16,18H,5,10-11H2,1-4H3. The Balaban J connectivity index is 2.20. The summed E-state index contributed by atoms with van der Waals surface area (Å²) in [6.45, 7) is 7.27. The maximum absolute atomic E-state index is 12.6. The molecule has 1 amide bonds. The molecule has 1 fully saturated rings. The Morgan fingerprint density at radius 2 is 1.95 bits per heavy atom. The summed E-state index contributed by atoms with van der Waals surface area (Å²) < 4.78 is 0. The van der Waals surface area contributed by atoms with Crippen molar-refractivity contribution in [1.29, 1.82) is 0 Å². The van der Waals surface area contributed by atoms with Crippen LogP contribution in [0.25, 0.3) is 0 Å². The summed E-state index contributed by atoms with van der Waals surface area (Å²) in [6, 6.07) is 8.49. The minimum absolute atomic E-state index is 0.0251. The van der Waals surface area contributed by atoms with Gasteiger partial charge in [-0.15, -0.1) is 11.8 Å².